The summed E-state index contributed by atoms with van der Waals surface area (Å²) in [6.45, 7) is 0.460. The third-order valence-corrected chi connectivity index (χ3v) is 5.32. The maximum Gasteiger partial charge on any atom is 0.145 e. The molecule has 0 unspecified atom stereocenters. The maximum atomic E-state index is 14.3. The molecule has 5 heteroatoms. The zero-order chi connectivity index (χ0) is 18.0. The van der Waals surface area contributed by atoms with Crippen LogP contribution < -0.4 is 5.73 Å². The molecule has 132 valence electrons. The average molecular weight is 348 g/mol. The Hall–Kier alpha value is -2.66. The van der Waals surface area contributed by atoms with Crippen molar-refractivity contribution in [3.63, 3.8) is 0 Å². The van der Waals surface area contributed by atoms with Gasteiger partial charge in [-0.15, -0.1) is 0 Å². The predicted molar refractivity (Wildman–Crippen MR) is 98.8 cm³/mol. The second-order valence-corrected chi connectivity index (χ2v) is 6.92. The Kier molecular flexibility index (Phi) is 4.47. The molecule has 26 heavy (non-hydrogen) atoms. The SMILES string of the molecule is NCc1ccccc1-c1ccc(CC2(c3ncccc3F)CCC2)nn1. The van der Waals surface area contributed by atoms with Crippen molar-refractivity contribution < 1.29 is 4.39 Å². The van der Waals surface area contributed by atoms with Gasteiger partial charge in [0, 0.05) is 30.1 Å². The van der Waals surface area contributed by atoms with E-state index in [4.69, 9.17) is 5.73 Å². The van der Waals surface area contributed by atoms with E-state index in [0.29, 0.717) is 18.7 Å². The van der Waals surface area contributed by atoms with Crippen LogP contribution in [0.2, 0.25) is 0 Å². The quantitative estimate of drug-likeness (QED) is 0.762. The fraction of sp³-hybridized carbons (Fsp3) is 0.286. The second-order valence-electron chi connectivity index (χ2n) is 6.92. The van der Waals surface area contributed by atoms with E-state index in [-0.39, 0.29) is 11.2 Å². The lowest BCUT2D eigenvalue weighted by Gasteiger charge is -2.41. The number of aromatic nitrogens is 3. The Morgan fingerprint density at radius 1 is 1.00 bits per heavy atom. The first-order valence-electron chi connectivity index (χ1n) is 8.94. The van der Waals surface area contributed by atoms with Crippen LogP contribution in [0, 0.1) is 5.82 Å². The lowest BCUT2D eigenvalue weighted by molar-refractivity contribution is 0.223. The normalized spacial score (nSPS) is 15.5. The number of pyridine rings is 1. The van der Waals surface area contributed by atoms with E-state index >= 15 is 0 Å². The molecule has 0 bridgehead atoms. The van der Waals surface area contributed by atoms with Crippen LogP contribution in [0.25, 0.3) is 11.3 Å². The minimum atomic E-state index is -0.253. The molecule has 1 aliphatic rings. The Morgan fingerprint density at radius 2 is 1.85 bits per heavy atom. The monoisotopic (exact) mass is 348 g/mol. The number of halogens is 1. The third-order valence-electron chi connectivity index (χ3n) is 5.32. The van der Waals surface area contributed by atoms with Gasteiger partial charge in [-0.05, 0) is 42.7 Å². The summed E-state index contributed by atoms with van der Waals surface area (Å²) < 4.78 is 14.3. The van der Waals surface area contributed by atoms with E-state index in [9.17, 15) is 4.39 Å². The van der Waals surface area contributed by atoms with Crippen LogP contribution in [-0.2, 0) is 18.4 Å². The van der Waals surface area contributed by atoms with E-state index in [1.54, 1.807) is 12.3 Å². The third kappa shape index (κ3) is 2.99. The van der Waals surface area contributed by atoms with E-state index in [2.05, 4.69) is 15.2 Å². The van der Waals surface area contributed by atoms with Crippen LogP contribution in [0.3, 0.4) is 0 Å². The van der Waals surface area contributed by atoms with E-state index in [1.165, 1.54) is 6.07 Å². The summed E-state index contributed by atoms with van der Waals surface area (Å²) in [5.74, 6) is -0.228. The van der Waals surface area contributed by atoms with Crippen LogP contribution in [0.15, 0.2) is 54.7 Å². The van der Waals surface area contributed by atoms with Gasteiger partial charge in [-0.2, -0.15) is 10.2 Å². The topological polar surface area (TPSA) is 64.7 Å². The summed E-state index contributed by atoms with van der Waals surface area (Å²) in [4.78, 5) is 4.32. The van der Waals surface area contributed by atoms with Crippen LogP contribution in [0.1, 0.15) is 36.2 Å². The highest BCUT2D eigenvalue weighted by molar-refractivity contribution is 5.63. The molecule has 3 aromatic rings. The Balaban J connectivity index is 1.60. The van der Waals surface area contributed by atoms with E-state index < -0.39 is 0 Å². The van der Waals surface area contributed by atoms with Gasteiger partial charge in [-0.1, -0.05) is 30.7 Å². The van der Waals surface area contributed by atoms with Crippen molar-refractivity contribution in [2.24, 2.45) is 5.73 Å². The van der Waals surface area contributed by atoms with Crippen molar-refractivity contribution in [3.05, 3.63) is 77.5 Å². The Morgan fingerprint density at radius 3 is 2.50 bits per heavy atom. The highest BCUT2D eigenvalue weighted by Crippen LogP contribution is 2.46. The molecule has 2 heterocycles. The summed E-state index contributed by atoms with van der Waals surface area (Å²) in [5.41, 5.74) is 9.84. The molecule has 0 spiro atoms. The molecule has 4 rings (SSSR count). The summed E-state index contributed by atoms with van der Waals surface area (Å²) in [5, 5.41) is 8.81. The second kappa shape index (κ2) is 6.92. The molecule has 0 atom stereocenters. The molecular weight excluding hydrogens is 327 g/mol. The van der Waals surface area contributed by atoms with Gasteiger partial charge in [0.1, 0.15) is 5.82 Å². The Labute approximate surface area is 152 Å². The summed E-state index contributed by atoms with van der Waals surface area (Å²) in [6, 6.07) is 15.0. The van der Waals surface area contributed by atoms with Crippen molar-refractivity contribution in [2.75, 3.05) is 0 Å². The molecule has 1 aliphatic carbocycles. The first-order valence-corrected chi connectivity index (χ1v) is 8.94. The number of hydrogen-bond acceptors (Lipinski definition) is 4. The molecule has 1 aromatic carbocycles. The van der Waals surface area contributed by atoms with Crippen molar-refractivity contribution in [1.29, 1.82) is 0 Å². The fourth-order valence-electron chi connectivity index (χ4n) is 3.77. The minimum absolute atomic E-state index is 0.228. The van der Waals surface area contributed by atoms with Crippen molar-refractivity contribution in [1.82, 2.24) is 15.2 Å². The number of benzene rings is 1. The zero-order valence-corrected chi connectivity index (χ0v) is 14.5. The van der Waals surface area contributed by atoms with E-state index in [0.717, 1.165) is 41.8 Å². The lowest BCUT2D eigenvalue weighted by atomic mass is 9.63. The van der Waals surface area contributed by atoms with Crippen molar-refractivity contribution >= 4 is 0 Å². The first-order chi connectivity index (χ1) is 12.7. The zero-order valence-electron chi connectivity index (χ0n) is 14.5. The highest BCUT2D eigenvalue weighted by atomic mass is 19.1. The van der Waals surface area contributed by atoms with Crippen LogP contribution in [0.4, 0.5) is 4.39 Å². The van der Waals surface area contributed by atoms with Gasteiger partial charge in [-0.25, -0.2) is 4.39 Å². The first kappa shape index (κ1) is 16.8. The average Bonchev–Trinajstić information content (AvgIpc) is 2.66. The van der Waals surface area contributed by atoms with Crippen LogP contribution in [0.5, 0.6) is 0 Å². The molecule has 1 saturated carbocycles. The Bertz CT molecular complexity index is 904. The van der Waals surface area contributed by atoms with Gasteiger partial charge in [0.2, 0.25) is 0 Å². The lowest BCUT2D eigenvalue weighted by Crippen LogP contribution is -2.38. The number of nitrogens with zero attached hydrogens (tertiary/aromatic N) is 3. The number of nitrogens with two attached hydrogens (primary N) is 1. The fourth-order valence-corrected chi connectivity index (χ4v) is 3.77. The maximum absolute atomic E-state index is 14.3. The van der Waals surface area contributed by atoms with Gasteiger partial charge in [0.15, 0.2) is 0 Å². The molecule has 0 saturated heterocycles. The van der Waals surface area contributed by atoms with Gasteiger partial charge in [-0.3, -0.25) is 4.98 Å². The van der Waals surface area contributed by atoms with E-state index in [1.807, 2.05) is 36.4 Å². The molecule has 0 aliphatic heterocycles. The van der Waals surface area contributed by atoms with Gasteiger partial charge >= 0.3 is 0 Å². The molecule has 2 aromatic heterocycles. The van der Waals surface area contributed by atoms with Crippen LogP contribution >= 0.6 is 0 Å². The standard InChI is InChI=1S/C21H21FN4/c22-18-7-3-12-24-20(18)21(10-4-11-21)13-16-8-9-19(26-25-16)17-6-2-1-5-15(17)14-23/h1-3,5-9,12H,4,10-11,13-14,23H2. The number of hydrogen-bond donors (Lipinski definition) is 1. The summed E-state index contributed by atoms with van der Waals surface area (Å²) in [7, 11) is 0. The predicted octanol–water partition coefficient (Wildman–Crippen LogP) is 3.80. The van der Waals surface area contributed by atoms with Crippen molar-refractivity contribution in [2.45, 2.75) is 37.6 Å². The molecular formula is C21H21FN4. The van der Waals surface area contributed by atoms with Crippen molar-refractivity contribution in [3.8, 4) is 11.3 Å². The van der Waals surface area contributed by atoms with Gasteiger partial charge < -0.3 is 5.73 Å². The van der Waals surface area contributed by atoms with Gasteiger partial charge in [0.05, 0.1) is 17.1 Å². The number of rotatable bonds is 5. The highest BCUT2D eigenvalue weighted by Gasteiger charge is 2.42. The molecule has 2 N–H and O–H groups in total. The molecule has 0 amide bonds. The molecule has 0 radical (unpaired) electrons. The van der Waals surface area contributed by atoms with Crippen LogP contribution in [-0.4, -0.2) is 15.2 Å². The summed E-state index contributed by atoms with van der Waals surface area (Å²) in [6.07, 6.45) is 5.27. The molecule has 4 nitrogen and oxygen atoms in total. The summed E-state index contributed by atoms with van der Waals surface area (Å²) >= 11 is 0. The minimum Gasteiger partial charge on any atom is -0.326 e. The largest absolute Gasteiger partial charge is 0.326 e. The molecule has 1 fully saturated rings. The smallest absolute Gasteiger partial charge is 0.145 e. The van der Waals surface area contributed by atoms with Gasteiger partial charge in [0.25, 0.3) is 0 Å².